The van der Waals surface area contributed by atoms with E-state index in [9.17, 15) is 0 Å². The molecule has 0 amide bonds. The third kappa shape index (κ3) is 1.11. The molecule has 0 atom stereocenters. The predicted octanol–water partition coefficient (Wildman–Crippen LogP) is 1.65. The van der Waals surface area contributed by atoms with Gasteiger partial charge >= 0.3 is 0 Å². The molecular formula is C8H13N3. The summed E-state index contributed by atoms with van der Waals surface area (Å²) in [5.74, 6) is 0.969. The Kier molecular flexibility index (Phi) is 1.56. The summed E-state index contributed by atoms with van der Waals surface area (Å²) in [7, 11) is 1.90. The average Bonchev–Trinajstić information content (AvgIpc) is 2.32. The number of nitrogens with one attached hydrogen (secondary N) is 1. The molecule has 0 unspecified atom stereocenters. The fourth-order valence-corrected chi connectivity index (χ4v) is 1.35. The Bertz CT molecular complexity index is 237. The fraction of sp³-hybridized carbons (Fsp3) is 0.625. The van der Waals surface area contributed by atoms with E-state index in [0.29, 0.717) is 0 Å². The van der Waals surface area contributed by atoms with Gasteiger partial charge in [0.05, 0.1) is 6.33 Å². The Morgan fingerprint density at radius 1 is 1.64 bits per heavy atom. The van der Waals surface area contributed by atoms with E-state index in [1.54, 1.807) is 0 Å². The van der Waals surface area contributed by atoms with Crippen LogP contribution in [0.3, 0.4) is 0 Å². The molecule has 0 aliphatic heterocycles. The van der Waals surface area contributed by atoms with E-state index < -0.39 is 0 Å². The number of nitrogens with zero attached hydrogens (tertiary/aromatic N) is 2. The van der Waals surface area contributed by atoms with Crippen LogP contribution in [0.25, 0.3) is 0 Å². The minimum Gasteiger partial charge on any atom is -0.372 e. The van der Waals surface area contributed by atoms with E-state index in [2.05, 4.69) is 21.1 Å². The van der Waals surface area contributed by atoms with Crippen LogP contribution in [-0.4, -0.2) is 16.6 Å². The summed E-state index contributed by atoms with van der Waals surface area (Å²) in [6, 6.07) is 0.726. The molecule has 1 heterocycles. The zero-order valence-corrected chi connectivity index (χ0v) is 6.75. The maximum atomic E-state index is 4.19. The van der Waals surface area contributed by atoms with Gasteiger partial charge in [-0.05, 0) is 19.3 Å². The lowest BCUT2D eigenvalue weighted by Crippen LogP contribution is -2.15. The number of imidazole rings is 1. The van der Waals surface area contributed by atoms with Gasteiger partial charge < -0.3 is 9.88 Å². The lowest BCUT2D eigenvalue weighted by molar-refractivity contribution is 0.313. The van der Waals surface area contributed by atoms with Gasteiger partial charge in [0, 0.05) is 19.3 Å². The van der Waals surface area contributed by atoms with Crippen molar-refractivity contribution >= 4 is 5.82 Å². The van der Waals surface area contributed by atoms with E-state index in [-0.39, 0.29) is 0 Å². The van der Waals surface area contributed by atoms with Crippen LogP contribution in [-0.2, 0) is 0 Å². The van der Waals surface area contributed by atoms with Crippen molar-refractivity contribution in [2.45, 2.75) is 25.3 Å². The first kappa shape index (κ1) is 6.70. The molecule has 0 bridgehead atoms. The van der Waals surface area contributed by atoms with Crippen LogP contribution >= 0.6 is 0 Å². The Balaban J connectivity index is 2.11. The normalized spacial score (nSPS) is 17.9. The first-order valence-electron chi connectivity index (χ1n) is 4.11. The summed E-state index contributed by atoms with van der Waals surface area (Å²) in [4.78, 5) is 4.19. The highest BCUT2D eigenvalue weighted by atomic mass is 15.1. The van der Waals surface area contributed by atoms with Crippen molar-refractivity contribution < 1.29 is 0 Å². The third-order valence-corrected chi connectivity index (χ3v) is 2.35. The molecule has 0 aromatic carbocycles. The zero-order chi connectivity index (χ0) is 7.68. The molecule has 3 nitrogen and oxygen atoms in total. The Labute approximate surface area is 66.4 Å². The van der Waals surface area contributed by atoms with Crippen LogP contribution in [0.4, 0.5) is 5.82 Å². The molecule has 0 radical (unpaired) electrons. The summed E-state index contributed by atoms with van der Waals surface area (Å²) >= 11 is 0. The molecule has 60 valence electrons. The quantitative estimate of drug-likeness (QED) is 0.696. The predicted molar refractivity (Wildman–Crippen MR) is 44.7 cm³/mol. The second-order valence-corrected chi connectivity index (χ2v) is 3.04. The van der Waals surface area contributed by atoms with Crippen molar-refractivity contribution in [1.82, 2.24) is 9.55 Å². The van der Waals surface area contributed by atoms with Crippen LogP contribution in [0.1, 0.15) is 25.3 Å². The topological polar surface area (TPSA) is 29.9 Å². The van der Waals surface area contributed by atoms with Crippen LogP contribution < -0.4 is 5.32 Å². The minimum absolute atomic E-state index is 0.726. The highest BCUT2D eigenvalue weighted by Crippen LogP contribution is 2.31. The van der Waals surface area contributed by atoms with Crippen molar-refractivity contribution in [2.24, 2.45) is 0 Å². The average molecular weight is 151 g/mol. The van der Waals surface area contributed by atoms with Gasteiger partial charge in [-0.15, -0.1) is 0 Å². The molecule has 1 aromatic rings. The highest BCUT2D eigenvalue weighted by Gasteiger charge is 2.18. The largest absolute Gasteiger partial charge is 0.372 e. The maximum absolute atomic E-state index is 4.19. The summed E-state index contributed by atoms with van der Waals surface area (Å²) in [5, 5.41) is 3.02. The van der Waals surface area contributed by atoms with Gasteiger partial charge in [0.2, 0.25) is 0 Å². The number of anilines is 1. The third-order valence-electron chi connectivity index (χ3n) is 2.35. The van der Waals surface area contributed by atoms with Gasteiger partial charge in [0.25, 0.3) is 0 Å². The highest BCUT2D eigenvalue weighted by molar-refractivity contribution is 5.29. The standard InChI is InChI=1S/C8H13N3/c1-9-8-5-11(6-10-8)7-3-2-4-7/h5-7,9H,2-4H2,1H3. The molecule has 1 N–H and O–H groups in total. The molecule has 1 saturated carbocycles. The van der Waals surface area contributed by atoms with Crippen molar-refractivity contribution in [2.75, 3.05) is 12.4 Å². The molecule has 1 aliphatic rings. The Hall–Kier alpha value is -0.990. The lowest BCUT2D eigenvalue weighted by atomic mass is 9.93. The van der Waals surface area contributed by atoms with E-state index in [1.165, 1.54) is 19.3 Å². The second-order valence-electron chi connectivity index (χ2n) is 3.04. The SMILES string of the molecule is CNc1cn(C2CCC2)cn1. The second kappa shape index (κ2) is 2.57. The van der Waals surface area contributed by atoms with Crippen LogP contribution in [0.2, 0.25) is 0 Å². The first-order valence-corrected chi connectivity index (χ1v) is 4.11. The minimum atomic E-state index is 0.726. The van der Waals surface area contributed by atoms with Gasteiger partial charge in [0.15, 0.2) is 0 Å². The summed E-state index contributed by atoms with van der Waals surface area (Å²) in [5.41, 5.74) is 0. The summed E-state index contributed by atoms with van der Waals surface area (Å²) in [6.07, 6.45) is 8.00. The lowest BCUT2D eigenvalue weighted by Gasteiger charge is -2.26. The van der Waals surface area contributed by atoms with Gasteiger partial charge in [-0.2, -0.15) is 0 Å². The zero-order valence-electron chi connectivity index (χ0n) is 6.75. The molecule has 1 aromatic heterocycles. The van der Waals surface area contributed by atoms with E-state index in [4.69, 9.17) is 0 Å². The summed E-state index contributed by atoms with van der Waals surface area (Å²) in [6.45, 7) is 0. The molecule has 3 heteroatoms. The van der Waals surface area contributed by atoms with Gasteiger partial charge in [0.1, 0.15) is 5.82 Å². The molecule has 0 spiro atoms. The number of aromatic nitrogens is 2. The molecule has 2 rings (SSSR count). The van der Waals surface area contributed by atoms with Crippen molar-refractivity contribution in [1.29, 1.82) is 0 Å². The summed E-state index contributed by atoms with van der Waals surface area (Å²) < 4.78 is 2.20. The monoisotopic (exact) mass is 151 g/mol. The molecule has 11 heavy (non-hydrogen) atoms. The smallest absolute Gasteiger partial charge is 0.143 e. The van der Waals surface area contributed by atoms with Crippen molar-refractivity contribution in [3.05, 3.63) is 12.5 Å². The Morgan fingerprint density at radius 2 is 2.45 bits per heavy atom. The number of hydrogen-bond donors (Lipinski definition) is 1. The fourth-order valence-electron chi connectivity index (χ4n) is 1.35. The van der Waals surface area contributed by atoms with E-state index >= 15 is 0 Å². The van der Waals surface area contributed by atoms with Crippen LogP contribution in [0, 0.1) is 0 Å². The Morgan fingerprint density at radius 3 is 2.91 bits per heavy atom. The molecule has 1 aliphatic carbocycles. The van der Waals surface area contributed by atoms with E-state index in [1.807, 2.05) is 13.4 Å². The van der Waals surface area contributed by atoms with Crippen LogP contribution in [0.15, 0.2) is 12.5 Å². The maximum Gasteiger partial charge on any atom is 0.143 e. The van der Waals surface area contributed by atoms with Crippen molar-refractivity contribution in [3.8, 4) is 0 Å². The number of hydrogen-bond acceptors (Lipinski definition) is 2. The molecule has 1 fully saturated rings. The van der Waals surface area contributed by atoms with E-state index in [0.717, 1.165) is 11.9 Å². The van der Waals surface area contributed by atoms with Gasteiger partial charge in [-0.1, -0.05) is 0 Å². The molecule has 0 saturated heterocycles. The number of rotatable bonds is 2. The van der Waals surface area contributed by atoms with Gasteiger partial charge in [-0.3, -0.25) is 0 Å². The van der Waals surface area contributed by atoms with Crippen LogP contribution in [0.5, 0.6) is 0 Å². The first-order chi connectivity index (χ1) is 5.40. The van der Waals surface area contributed by atoms with Gasteiger partial charge in [-0.25, -0.2) is 4.98 Å². The van der Waals surface area contributed by atoms with Crippen molar-refractivity contribution in [3.63, 3.8) is 0 Å². The molecular weight excluding hydrogens is 138 g/mol.